The monoisotopic (exact) mass is 284 g/mol. The van der Waals surface area contributed by atoms with Gasteiger partial charge in [0.15, 0.2) is 0 Å². The van der Waals surface area contributed by atoms with Crippen molar-refractivity contribution in [2.75, 3.05) is 6.54 Å². The van der Waals surface area contributed by atoms with Crippen LogP contribution in [0.4, 0.5) is 0 Å². The van der Waals surface area contributed by atoms with Gasteiger partial charge in [-0.2, -0.15) is 0 Å². The average molecular weight is 284 g/mol. The zero-order valence-electron chi connectivity index (χ0n) is 12.7. The van der Waals surface area contributed by atoms with Crippen molar-refractivity contribution >= 4 is 10.8 Å². The van der Waals surface area contributed by atoms with Crippen molar-refractivity contribution in [1.29, 1.82) is 0 Å². The van der Waals surface area contributed by atoms with E-state index < -0.39 is 0 Å². The summed E-state index contributed by atoms with van der Waals surface area (Å²) in [5.74, 6) is 0.881. The van der Waals surface area contributed by atoms with Crippen molar-refractivity contribution in [1.82, 2.24) is 9.88 Å². The van der Waals surface area contributed by atoms with E-state index in [1.807, 2.05) is 41.1 Å². The summed E-state index contributed by atoms with van der Waals surface area (Å²) >= 11 is 0. The molecule has 1 aliphatic carbocycles. The summed E-state index contributed by atoms with van der Waals surface area (Å²) in [6, 6.07) is 10.5. The van der Waals surface area contributed by atoms with E-state index in [2.05, 4.69) is 12.2 Å². The Labute approximate surface area is 126 Å². The molecule has 21 heavy (non-hydrogen) atoms. The van der Waals surface area contributed by atoms with Crippen LogP contribution in [0.1, 0.15) is 32.6 Å². The SMILES string of the molecule is CC1CCC(NCCn2ccc3ccccc3c2=O)CC1. The topological polar surface area (TPSA) is 34.0 Å². The lowest BCUT2D eigenvalue weighted by Gasteiger charge is -2.27. The second-order valence-corrected chi connectivity index (χ2v) is 6.31. The molecule has 1 N–H and O–H groups in total. The molecule has 0 atom stereocenters. The zero-order chi connectivity index (χ0) is 14.7. The fraction of sp³-hybridized carbons (Fsp3) is 0.500. The van der Waals surface area contributed by atoms with E-state index in [4.69, 9.17) is 0 Å². The van der Waals surface area contributed by atoms with Gasteiger partial charge in [0.2, 0.25) is 0 Å². The van der Waals surface area contributed by atoms with Gasteiger partial charge in [0.1, 0.15) is 0 Å². The molecule has 0 amide bonds. The summed E-state index contributed by atoms with van der Waals surface area (Å²) in [5, 5.41) is 5.44. The average Bonchev–Trinajstić information content (AvgIpc) is 2.52. The Morgan fingerprint density at radius 1 is 1.14 bits per heavy atom. The van der Waals surface area contributed by atoms with Crippen molar-refractivity contribution in [3.8, 4) is 0 Å². The fourth-order valence-corrected chi connectivity index (χ4v) is 3.26. The van der Waals surface area contributed by atoms with E-state index in [0.717, 1.165) is 29.8 Å². The van der Waals surface area contributed by atoms with Crippen LogP contribution in [0.2, 0.25) is 0 Å². The number of nitrogens with zero attached hydrogens (tertiary/aromatic N) is 1. The molecule has 0 bridgehead atoms. The number of hydrogen-bond donors (Lipinski definition) is 1. The fourth-order valence-electron chi connectivity index (χ4n) is 3.26. The number of nitrogens with one attached hydrogen (secondary N) is 1. The van der Waals surface area contributed by atoms with Crippen molar-refractivity contribution in [3.63, 3.8) is 0 Å². The third-order valence-electron chi connectivity index (χ3n) is 4.69. The van der Waals surface area contributed by atoms with Gasteiger partial charge in [0.25, 0.3) is 5.56 Å². The van der Waals surface area contributed by atoms with Crippen LogP contribution in [0, 0.1) is 5.92 Å². The highest BCUT2D eigenvalue weighted by Crippen LogP contribution is 2.23. The molecule has 0 radical (unpaired) electrons. The van der Waals surface area contributed by atoms with Gasteiger partial charge in [-0.25, -0.2) is 0 Å². The summed E-state index contributed by atoms with van der Waals surface area (Å²) in [7, 11) is 0. The first-order chi connectivity index (χ1) is 10.2. The Morgan fingerprint density at radius 3 is 2.71 bits per heavy atom. The summed E-state index contributed by atoms with van der Waals surface area (Å²) in [6.45, 7) is 3.96. The highest BCUT2D eigenvalue weighted by atomic mass is 16.1. The minimum Gasteiger partial charge on any atom is -0.314 e. The van der Waals surface area contributed by atoms with Crippen LogP contribution in [-0.2, 0) is 6.54 Å². The second-order valence-electron chi connectivity index (χ2n) is 6.31. The van der Waals surface area contributed by atoms with Gasteiger partial charge < -0.3 is 9.88 Å². The Kier molecular flexibility index (Phi) is 4.39. The summed E-state index contributed by atoms with van der Waals surface area (Å²) in [6.07, 6.45) is 7.11. The second kappa shape index (κ2) is 6.44. The summed E-state index contributed by atoms with van der Waals surface area (Å²) < 4.78 is 1.82. The summed E-state index contributed by atoms with van der Waals surface area (Å²) in [4.78, 5) is 12.4. The molecule has 1 aliphatic rings. The van der Waals surface area contributed by atoms with Crippen molar-refractivity contribution in [3.05, 3.63) is 46.9 Å². The van der Waals surface area contributed by atoms with Crippen LogP contribution in [0.15, 0.2) is 41.3 Å². The molecule has 1 aromatic carbocycles. The van der Waals surface area contributed by atoms with Gasteiger partial charge >= 0.3 is 0 Å². The largest absolute Gasteiger partial charge is 0.314 e. The normalized spacial score (nSPS) is 22.5. The lowest BCUT2D eigenvalue weighted by atomic mass is 9.87. The molecule has 1 heterocycles. The van der Waals surface area contributed by atoms with Gasteiger partial charge in [0, 0.05) is 30.7 Å². The Hall–Kier alpha value is -1.61. The van der Waals surface area contributed by atoms with Crippen molar-refractivity contribution in [2.45, 2.75) is 45.2 Å². The lowest BCUT2D eigenvalue weighted by Crippen LogP contribution is -2.36. The molecular formula is C18H24N2O. The van der Waals surface area contributed by atoms with Crippen LogP contribution in [0.5, 0.6) is 0 Å². The van der Waals surface area contributed by atoms with E-state index in [0.29, 0.717) is 6.04 Å². The van der Waals surface area contributed by atoms with Gasteiger partial charge in [-0.15, -0.1) is 0 Å². The third kappa shape index (κ3) is 3.35. The number of pyridine rings is 1. The summed E-state index contributed by atoms with van der Waals surface area (Å²) in [5.41, 5.74) is 0.118. The van der Waals surface area contributed by atoms with E-state index in [-0.39, 0.29) is 5.56 Å². The number of hydrogen-bond acceptors (Lipinski definition) is 2. The van der Waals surface area contributed by atoms with E-state index in [1.165, 1.54) is 25.7 Å². The molecule has 0 aliphatic heterocycles. The van der Waals surface area contributed by atoms with E-state index in [9.17, 15) is 4.79 Å². The molecular weight excluding hydrogens is 260 g/mol. The molecule has 1 fully saturated rings. The Morgan fingerprint density at radius 2 is 1.90 bits per heavy atom. The Bertz CT molecular complexity index is 654. The molecule has 0 spiro atoms. The predicted octanol–water partition coefficient (Wildman–Crippen LogP) is 3.17. The minimum absolute atomic E-state index is 0.118. The van der Waals surface area contributed by atoms with Gasteiger partial charge in [0.05, 0.1) is 0 Å². The van der Waals surface area contributed by atoms with Crippen LogP contribution in [0.3, 0.4) is 0 Å². The lowest BCUT2D eigenvalue weighted by molar-refractivity contribution is 0.305. The molecule has 3 nitrogen and oxygen atoms in total. The number of benzene rings is 1. The van der Waals surface area contributed by atoms with Crippen LogP contribution in [-0.4, -0.2) is 17.2 Å². The molecule has 3 rings (SSSR count). The highest BCUT2D eigenvalue weighted by Gasteiger charge is 2.17. The molecule has 3 heteroatoms. The third-order valence-corrected chi connectivity index (χ3v) is 4.69. The molecule has 1 saturated carbocycles. The van der Waals surface area contributed by atoms with E-state index >= 15 is 0 Å². The Balaban J connectivity index is 1.61. The van der Waals surface area contributed by atoms with Crippen molar-refractivity contribution in [2.24, 2.45) is 5.92 Å². The molecule has 2 aromatic rings. The van der Waals surface area contributed by atoms with Crippen LogP contribution >= 0.6 is 0 Å². The number of aromatic nitrogens is 1. The van der Waals surface area contributed by atoms with Gasteiger partial charge in [-0.05, 0) is 49.1 Å². The maximum atomic E-state index is 12.4. The van der Waals surface area contributed by atoms with Gasteiger partial charge in [-0.1, -0.05) is 25.1 Å². The molecule has 1 aromatic heterocycles. The van der Waals surface area contributed by atoms with Crippen LogP contribution < -0.4 is 10.9 Å². The molecule has 0 unspecified atom stereocenters. The van der Waals surface area contributed by atoms with E-state index in [1.54, 1.807) is 0 Å². The first-order valence-corrected chi connectivity index (χ1v) is 8.05. The smallest absolute Gasteiger partial charge is 0.258 e. The molecule has 0 saturated heterocycles. The number of fused-ring (bicyclic) bond motifs is 1. The maximum absolute atomic E-state index is 12.4. The molecule has 112 valence electrons. The standard InChI is InChI=1S/C18H24N2O/c1-14-6-8-16(9-7-14)19-11-13-20-12-10-15-4-2-3-5-17(15)18(20)21/h2-5,10,12,14,16,19H,6-9,11,13H2,1H3. The minimum atomic E-state index is 0.118. The number of rotatable bonds is 4. The first kappa shape index (κ1) is 14.3. The van der Waals surface area contributed by atoms with Crippen LogP contribution in [0.25, 0.3) is 10.8 Å². The zero-order valence-corrected chi connectivity index (χ0v) is 12.7. The van der Waals surface area contributed by atoms with Gasteiger partial charge in [-0.3, -0.25) is 4.79 Å². The quantitative estimate of drug-likeness (QED) is 0.935. The first-order valence-electron chi connectivity index (χ1n) is 8.05. The highest BCUT2D eigenvalue weighted by molar-refractivity contribution is 5.81. The van der Waals surface area contributed by atoms with Crippen molar-refractivity contribution < 1.29 is 0 Å². The maximum Gasteiger partial charge on any atom is 0.258 e. The predicted molar refractivity (Wildman–Crippen MR) is 87.6 cm³/mol.